The molecule has 0 aliphatic heterocycles. The van der Waals surface area contributed by atoms with Gasteiger partial charge in [0.15, 0.2) is 11.5 Å². The van der Waals surface area contributed by atoms with Gasteiger partial charge in [0.05, 0.1) is 14.2 Å². The fourth-order valence-electron chi connectivity index (χ4n) is 2.11. The van der Waals surface area contributed by atoms with Crippen LogP contribution in [0.4, 0.5) is 0 Å². The van der Waals surface area contributed by atoms with Crippen LogP contribution in [0.25, 0.3) is 0 Å². The Morgan fingerprint density at radius 3 is 2.63 bits per heavy atom. The van der Waals surface area contributed by atoms with Crippen LogP contribution in [0, 0.1) is 0 Å². The van der Waals surface area contributed by atoms with Gasteiger partial charge in [-0.15, -0.1) is 0 Å². The van der Waals surface area contributed by atoms with Crippen LogP contribution >= 0.6 is 0 Å². The first-order valence-corrected chi connectivity index (χ1v) is 6.49. The van der Waals surface area contributed by atoms with Crippen LogP contribution in [0.5, 0.6) is 11.5 Å². The summed E-state index contributed by atoms with van der Waals surface area (Å²) >= 11 is 0. The molecule has 4 heteroatoms. The van der Waals surface area contributed by atoms with Crippen molar-refractivity contribution >= 4 is 0 Å². The van der Waals surface area contributed by atoms with Crippen molar-refractivity contribution in [3.8, 4) is 11.5 Å². The molecule has 0 fully saturated rings. The fourth-order valence-corrected chi connectivity index (χ4v) is 2.11. The van der Waals surface area contributed by atoms with Gasteiger partial charge in [-0.25, -0.2) is 4.98 Å². The standard InChI is InChI=1S/C15H20N2O2/c1-4-5-15-16-8-9-17(15)11-12-6-7-13(18-2)14(10-12)19-3/h6-10H,4-5,11H2,1-3H3. The molecule has 0 aliphatic carbocycles. The van der Waals surface area contributed by atoms with Gasteiger partial charge in [-0.05, 0) is 24.1 Å². The first-order chi connectivity index (χ1) is 9.28. The number of aromatic nitrogens is 2. The summed E-state index contributed by atoms with van der Waals surface area (Å²) in [5.74, 6) is 2.64. The average molecular weight is 260 g/mol. The quantitative estimate of drug-likeness (QED) is 0.801. The van der Waals surface area contributed by atoms with Crippen molar-refractivity contribution in [3.63, 3.8) is 0 Å². The first kappa shape index (κ1) is 13.5. The highest BCUT2D eigenvalue weighted by Crippen LogP contribution is 2.27. The number of methoxy groups -OCH3 is 2. The second-order valence-corrected chi connectivity index (χ2v) is 4.41. The van der Waals surface area contributed by atoms with Crippen LogP contribution in [0.1, 0.15) is 24.7 Å². The Morgan fingerprint density at radius 2 is 1.95 bits per heavy atom. The maximum absolute atomic E-state index is 5.32. The summed E-state index contributed by atoms with van der Waals surface area (Å²) in [5.41, 5.74) is 1.17. The summed E-state index contributed by atoms with van der Waals surface area (Å²) in [4.78, 5) is 4.39. The Morgan fingerprint density at radius 1 is 1.16 bits per heavy atom. The second-order valence-electron chi connectivity index (χ2n) is 4.41. The molecule has 0 saturated heterocycles. The van der Waals surface area contributed by atoms with Crippen molar-refractivity contribution in [1.29, 1.82) is 0 Å². The van der Waals surface area contributed by atoms with E-state index in [1.165, 1.54) is 5.56 Å². The molecule has 0 atom stereocenters. The Labute approximate surface area is 114 Å². The number of imidazole rings is 1. The molecule has 19 heavy (non-hydrogen) atoms. The molecular formula is C15H20N2O2. The SMILES string of the molecule is CCCc1nccn1Cc1ccc(OC)c(OC)c1. The van der Waals surface area contributed by atoms with Crippen molar-refractivity contribution < 1.29 is 9.47 Å². The molecule has 102 valence electrons. The molecule has 0 amide bonds. The van der Waals surface area contributed by atoms with Gasteiger partial charge >= 0.3 is 0 Å². The molecule has 2 aromatic rings. The highest BCUT2D eigenvalue weighted by atomic mass is 16.5. The van der Waals surface area contributed by atoms with E-state index in [9.17, 15) is 0 Å². The van der Waals surface area contributed by atoms with Crippen molar-refractivity contribution in [3.05, 3.63) is 42.0 Å². The third-order valence-electron chi connectivity index (χ3n) is 3.08. The Hall–Kier alpha value is -1.97. The van der Waals surface area contributed by atoms with E-state index in [0.717, 1.165) is 36.7 Å². The predicted octanol–water partition coefficient (Wildman–Crippen LogP) is 2.90. The summed E-state index contributed by atoms with van der Waals surface area (Å²) in [6, 6.07) is 6.00. The van der Waals surface area contributed by atoms with Crippen molar-refractivity contribution in [2.45, 2.75) is 26.3 Å². The minimum atomic E-state index is 0.755. The molecule has 4 nitrogen and oxygen atoms in total. The van der Waals surface area contributed by atoms with Crippen LogP contribution in [0.15, 0.2) is 30.6 Å². The molecule has 0 bridgehead atoms. The number of rotatable bonds is 6. The number of hydrogen-bond acceptors (Lipinski definition) is 3. The molecule has 2 rings (SSSR count). The van der Waals surface area contributed by atoms with Crippen LogP contribution in [0.2, 0.25) is 0 Å². The highest BCUT2D eigenvalue weighted by Gasteiger charge is 2.07. The lowest BCUT2D eigenvalue weighted by atomic mass is 10.2. The number of nitrogens with zero attached hydrogens (tertiary/aromatic N) is 2. The number of ether oxygens (including phenoxy) is 2. The van der Waals surface area contributed by atoms with E-state index in [2.05, 4.69) is 22.5 Å². The monoisotopic (exact) mass is 260 g/mol. The van der Waals surface area contributed by atoms with Gasteiger partial charge in [-0.2, -0.15) is 0 Å². The minimum absolute atomic E-state index is 0.755. The van der Waals surface area contributed by atoms with E-state index in [1.54, 1.807) is 14.2 Å². The van der Waals surface area contributed by atoms with E-state index in [4.69, 9.17) is 9.47 Å². The van der Waals surface area contributed by atoms with Crippen molar-refractivity contribution in [2.24, 2.45) is 0 Å². The van der Waals surface area contributed by atoms with Crippen LogP contribution < -0.4 is 9.47 Å². The van der Waals surface area contributed by atoms with Gasteiger partial charge in [0.1, 0.15) is 5.82 Å². The van der Waals surface area contributed by atoms with E-state index in [1.807, 2.05) is 24.5 Å². The molecule has 0 aliphatic rings. The predicted molar refractivity (Wildman–Crippen MR) is 74.9 cm³/mol. The van der Waals surface area contributed by atoms with Gasteiger partial charge in [0, 0.05) is 25.4 Å². The summed E-state index contributed by atoms with van der Waals surface area (Å²) < 4.78 is 12.7. The molecule has 1 heterocycles. The molecule has 0 N–H and O–H groups in total. The van der Waals surface area contributed by atoms with Crippen molar-refractivity contribution in [1.82, 2.24) is 9.55 Å². The van der Waals surface area contributed by atoms with Gasteiger partial charge in [-0.1, -0.05) is 13.0 Å². The van der Waals surface area contributed by atoms with Crippen LogP contribution in [0.3, 0.4) is 0 Å². The lowest BCUT2D eigenvalue weighted by Crippen LogP contribution is -2.04. The smallest absolute Gasteiger partial charge is 0.161 e. The van der Waals surface area contributed by atoms with Crippen molar-refractivity contribution in [2.75, 3.05) is 14.2 Å². The minimum Gasteiger partial charge on any atom is -0.493 e. The lowest BCUT2D eigenvalue weighted by molar-refractivity contribution is 0.354. The van der Waals surface area contributed by atoms with Gasteiger partial charge < -0.3 is 14.0 Å². The molecule has 0 spiro atoms. The first-order valence-electron chi connectivity index (χ1n) is 6.49. The van der Waals surface area contributed by atoms with Gasteiger partial charge in [0.25, 0.3) is 0 Å². The summed E-state index contributed by atoms with van der Waals surface area (Å²) in [7, 11) is 3.30. The normalized spacial score (nSPS) is 10.5. The zero-order chi connectivity index (χ0) is 13.7. The Kier molecular flexibility index (Phi) is 4.44. The molecule has 0 radical (unpaired) electrons. The second kappa shape index (κ2) is 6.27. The summed E-state index contributed by atoms with van der Waals surface area (Å²) in [5, 5.41) is 0. The number of aryl methyl sites for hydroxylation is 1. The van der Waals surface area contributed by atoms with E-state index >= 15 is 0 Å². The third-order valence-corrected chi connectivity index (χ3v) is 3.08. The summed E-state index contributed by atoms with van der Waals surface area (Å²) in [6.45, 7) is 2.96. The zero-order valence-electron chi connectivity index (χ0n) is 11.7. The number of benzene rings is 1. The Balaban J connectivity index is 2.21. The van der Waals surface area contributed by atoms with E-state index in [0.29, 0.717) is 0 Å². The van der Waals surface area contributed by atoms with Crippen LogP contribution in [-0.4, -0.2) is 23.8 Å². The van der Waals surface area contributed by atoms with E-state index in [-0.39, 0.29) is 0 Å². The van der Waals surface area contributed by atoms with Gasteiger partial charge in [0.2, 0.25) is 0 Å². The average Bonchev–Trinajstić information content (AvgIpc) is 2.86. The fraction of sp³-hybridized carbons (Fsp3) is 0.400. The Bertz CT molecular complexity index is 535. The lowest BCUT2D eigenvalue weighted by Gasteiger charge is -2.11. The molecule has 0 saturated carbocycles. The molecule has 0 unspecified atom stereocenters. The molecular weight excluding hydrogens is 240 g/mol. The largest absolute Gasteiger partial charge is 0.493 e. The topological polar surface area (TPSA) is 36.3 Å². The summed E-state index contributed by atoms with van der Waals surface area (Å²) in [6.07, 6.45) is 5.97. The molecule has 1 aromatic carbocycles. The zero-order valence-corrected chi connectivity index (χ0v) is 11.7. The number of hydrogen-bond donors (Lipinski definition) is 0. The maximum Gasteiger partial charge on any atom is 0.161 e. The molecule has 1 aromatic heterocycles. The van der Waals surface area contributed by atoms with Gasteiger partial charge in [-0.3, -0.25) is 0 Å². The van der Waals surface area contributed by atoms with Crippen LogP contribution in [-0.2, 0) is 13.0 Å². The maximum atomic E-state index is 5.32. The third kappa shape index (κ3) is 3.08. The highest BCUT2D eigenvalue weighted by molar-refractivity contribution is 5.42. The van der Waals surface area contributed by atoms with E-state index < -0.39 is 0 Å².